The lowest BCUT2D eigenvalue weighted by molar-refractivity contribution is -0.131. The second-order valence-corrected chi connectivity index (χ2v) is 5.77. The number of amides is 1. The maximum atomic E-state index is 12.4. The molecular formula is C16H21N3O3. The molecule has 6 nitrogen and oxygen atoms in total. The molecule has 1 saturated heterocycles. The molecule has 3 rings (SSSR count). The minimum Gasteiger partial charge on any atom is -0.408 e. The molecule has 1 aliphatic heterocycles. The van der Waals surface area contributed by atoms with Gasteiger partial charge in [-0.2, -0.15) is 0 Å². The molecule has 0 N–H and O–H groups in total. The number of aromatic nitrogens is 1. The zero-order valence-corrected chi connectivity index (χ0v) is 12.8. The van der Waals surface area contributed by atoms with Gasteiger partial charge >= 0.3 is 5.76 Å². The van der Waals surface area contributed by atoms with E-state index in [1.54, 1.807) is 6.07 Å². The molecule has 1 fully saturated rings. The lowest BCUT2D eigenvalue weighted by atomic mass is 10.3. The predicted octanol–water partition coefficient (Wildman–Crippen LogP) is 1.15. The third-order valence-electron chi connectivity index (χ3n) is 4.20. The summed E-state index contributed by atoms with van der Waals surface area (Å²) >= 11 is 0. The molecule has 22 heavy (non-hydrogen) atoms. The number of likely N-dealkylation sites (N-methyl/N-ethyl adjacent to an activating group) is 1. The zero-order chi connectivity index (χ0) is 15.5. The van der Waals surface area contributed by atoms with Gasteiger partial charge in [0.2, 0.25) is 5.91 Å². The SMILES string of the molecule is CN1CCCN(C(=O)CCn2c(=O)oc3ccccc32)CC1. The number of fused-ring (bicyclic) bond motifs is 1. The van der Waals surface area contributed by atoms with Gasteiger partial charge in [-0.25, -0.2) is 4.79 Å². The van der Waals surface area contributed by atoms with Crippen LogP contribution >= 0.6 is 0 Å². The Morgan fingerprint density at radius 1 is 1.18 bits per heavy atom. The number of carbonyl (C=O) groups excluding carboxylic acids is 1. The van der Waals surface area contributed by atoms with Crippen molar-refractivity contribution in [3.63, 3.8) is 0 Å². The van der Waals surface area contributed by atoms with Crippen molar-refractivity contribution in [1.29, 1.82) is 0 Å². The molecule has 0 radical (unpaired) electrons. The van der Waals surface area contributed by atoms with Crippen molar-refractivity contribution >= 4 is 17.0 Å². The second-order valence-electron chi connectivity index (χ2n) is 5.77. The third-order valence-corrected chi connectivity index (χ3v) is 4.20. The number of benzene rings is 1. The Bertz CT molecular complexity index is 719. The Kier molecular flexibility index (Phi) is 4.29. The molecule has 0 unspecified atom stereocenters. The summed E-state index contributed by atoms with van der Waals surface area (Å²) in [6.07, 6.45) is 1.32. The number of rotatable bonds is 3. The van der Waals surface area contributed by atoms with E-state index in [2.05, 4.69) is 11.9 Å². The quantitative estimate of drug-likeness (QED) is 0.853. The fourth-order valence-electron chi connectivity index (χ4n) is 2.89. The van der Waals surface area contributed by atoms with Crippen LogP contribution in [-0.4, -0.2) is 53.5 Å². The Labute approximate surface area is 128 Å². The van der Waals surface area contributed by atoms with E-state index in [1.165, 1.54) is 4.57 Å². The fourth-order valence-corrected chi connectivity index (χ4v) is 2.89. The van der Waals surface area contributed by atoms with Crippen molar-refractivity contribution in [1.82, 2.24) is 14.4 Å². The Morgan fingerprint density at radius 3 is 2.86 bits per heavy atom. The van der Waals surface area contributed by atoms with E-state index < -0.39 is 5.76 Å². The van der Waals surface area contributed by atoms with Crippen molar-refractivity contribution in [2.45, 2.75) is 19.4 Å². The van der Waals surface area contributed by atoms with Crippen LogP contribution in [0.15, 0.2) is 33.5 Å². The number of aryl methyl sites for hydroxylation is 1. The number of hydrogen-bond donors (Lipinski definition) is 0. The van der Waals surface area contributed by atoms with Gasteiger partial charge in [0.05, 0.1) is 5.52 Å². The molecule has 6 heteroatoms. The summed E-state index contributed by atoms with van der Waals surface area (Å²) in [5.74, 6) is -0.294. The topological polar surface area (TPSA) is 58.7 Å². The number of oxazole rings is 1. The fraction of sp³-hybridized carbons (Fsp3) is 0.500. The third kappa shape index (κ3) is 3.06. The molecule has 1 aliphatic rings. The Balaban J connectivity index is 1.67. The van der Waals surface area contributed by atoms with Gasteiger partial charge in [0.15, 0.2) is 5.58 Å². The predicted molar refractivity (Wildman–Crippen MR) is 83.8 cm³/mol. The minimum atomic E-state index is -0.399. The molecule has 1 aromatic carbocycles. The molecular weight excluding hydrogens is 282 g/mol. The normalized spacial score (nSPS) is 16.9. The van der Waals surface area contributed by atoms with E-state index in [0.29, 0.717) is 18.5 Å². The van der Waals surface area contributed by atoms with Crippen molar-refractivity contribution in [3.8, 4) is 0 Å². The summed E-state index contributed by atoms with van der Waals surface area (Å²) in [5.41, 5.74) is 1.31. The summed E-state index contributed by atoms with van der Waals surface area (Å²) < 4.78 is 6.73. The molecule has 1 amide bonds. The first-order chi connectivity index (χ1) is 10.6. The van der Waals surface area contributed by atoms with Crippen molar-refractivity contribution in [3.05, 3.63) is 34.8 Å². The van der Waals surface area contributed by atoms with Gasteiger partial charge in [-0.05, 0) is 32.1 Å². The molecule has 2 heterocycles. The summed E-state index contributed by atoms with van der Waals surface area (Å²) in [6.45, 7) is 3.84. The number of carbonyl (C=O) groups is 1. The van der Waals surface area contributed by atoms with E-state index in [1.807, 2.05) is 23.1 Å². The highest BCUT2D eigenvalue weighted by atomic mass is 16.4. The van der Waals surface area contributed by atoms with Crippen LogP contribution in [0.1, 0.15) is 12.8 Å². The smallest absolute Gasteiger partial charge is 0.408 e. The second kappa shape index (κ2) is 6.36. The highest BCUT2D eigenvalue weighted by Gasteiger charge is 2.18. The standard InChI is InChI=1S/C16H21N3O3/c1-17-8-4-9-18(12-11-17)15(20)7-10-19-13-5-2-3-6-14(13)22-16(19)21/h2-3,5-6H,4,7-12H2,1H3. The maximum absolute atomic E-state index is 12.4. The van der Waals surface area contributed by atoms with E-state index in [0.717, 1.165) is 38.1 Å². The number of para-hydroxylation sites is 2. The molecule has 0 bridgehead atoms. The van der Waals surface area contributed by atoms with Gasteiger partial charge in [0.25, 0.3) is 0 Å². The Morgan fingerprint density at radius 2 is 2.00 bits per heavy atom. The van der Waals surface area contributed by atoms with E-state index in [9.17, 15) is 9.59 Å². The number of hydrogen-bond acceptors (Lipinski definition) is 4. The van der Waals surface area contributed by atoms with Crippen molar-refractivity contribution < 1.29 is 9.21 Å². The molecule has 0 spiro atoms. The van der Waals surface area contributed by atoms with Gasteiger partial charge in [0, 0.05) is 32.6 Å². The Hall–Kier alpha value is -2.08. The van der Waals surface area contributed by atoms with Crippen LogP contribution in [0.25, 0.3) is 11.1 Å². The van der Waals surface area contributed by atoms with Crippen molar-refractivity contribution in [2.24, 2.45) is 0 Å². The van der Waals surface area contributed by atoms with Crippen LogP contribution in [0.5, 0.6) is 0 Å². The van der Waals surface area contributed by atoms with E-state index >= 15 is 0 Å². The van der Waals surface area contributed by atoms with Gasteiger partial charge in [0.1, 0.15) is 0 Å². The molecule has 0 atom stereocenters. The monoisotopic (exact) mass is 303 g/mol. The summed E-state index contributed by atoms with van der Waals surface area (Å²) in [7, 11) is 2.07. The van der Waals surface area contributed by atoms with Crippen LogP contribution in [0.2, 0.25) is 0 Å². The highest BCUT2D eigenvalue weighted by Crippen LogP contribution is 2.12. The highest BCUT2D eigenvalue weighted by molar-refractivity contribution is 5.77. The van der Waals surface area contributed by atoms with Gasteiger partial charge in [-0.1, -0.05) is 12.1 Å². The maximum Gasteiger partial charge on any atom is 0.419 e. The van der Waals surface area contributed by atoms with Gasteiger partial charge in [-0.3, -0.25) is 9.36 Å². The number of nitrogens with zero attached hydrogens (tertiary/aromatic N) is 3. The molecule has 118 valence electrons. The molecule has 1 aromatic heterocycles. The average molecular weight is 303 g/mol. The first-order valence-electron chi connectivity index (χ1n) is 7.70. The molecule has 0 aliphatic carbocycles. The van der Waals surface area contributed by atoms with Crippen LogP contribution in [0.3, 0.4) is 0 Å². The summed E-state index contributed by atoms with van der Waals surface area (Å²) in [6, 6.07) is 7.29. The zero-order valence-electron chi connectivity index (χ0n) is 12.8. The van der Waals surface area contributed by atoms with E-state index in [4.69, 9.17) is 4.42 Å². The van der Waals surface area contributed by atoms with E-state index in [-0.39, 0.29) is 5.91 Å². The minimum absolute atomic E-state index is 0.104. The average Bonchev–Trinajstić information content (AvgIpc) is 2.67. The summed E-state index contributed by atoms with van der Waals surface area (Å²) in [4.78, 5) is 28.4. The van der Waals surface area contributed by atoms with Crippen LogP contribution < -0.4 is 5.76 Å². The lowest BCUT2D eigenvalue weighted by Crippen LogP contribution is -2.35. The first kappa shape index (κ1) is 14.8. The largest absolute Gasteiger partial charge is 0.419 e. The van der Waals surface area contributed by atoms with Gasteiger partial charge < -0.3 is 14.2 Å². The van der Waals surface area contributed by atoms with Crippen LogP contribution in [0, 0.1) is 0 Å². The van der Waals surface area contributed by atoms with Crippen molar-refractivity contribution in [2.75, 3.05) is 33.2 Å². The first-order valence-corrected chi connectivity index (χ1v) is 7.70. The van der Waals surface area contributed by atoms with Gasteiger partial charge in [-0.15, -0.1) is 0 Å². The van der Waals surface area contributed by atoms with Crippen LogP contribution in [-0.2, 0) is 11.3 Å². The summed E-state index contributed by atoms with van der Waals surface area (Å²) in [5, 5.41) is 0. The van der Waals surface area contributed by atoms with Crippen LogP contribution in [0.4, 0.5) is 0 Å². The lowest BCUT2D eigenvalue weighted by Gasteiger charge is -2.20. The molecule has 0 saturated carbocycles. The molecule has 2 aromatic rings.